The molecule has 2 aromatic carbocycles. The van der Waals surface area contributed by atoms with E-state index in [4.69, 9.17) is 4.42 Å². The lowest BCUT2D eigenvalue weighted by Gasteiger charge is -2.16. The molecule has 1 fully saturated rings. The molecule has 1 N–H and O–H groups in total. The molecule has 28 heavy (non-hydrogen) atoms. The summed E-state index contributed by atoms with van der Waals surface area (Å²) in [7, 11) is 0. The van der Waals surface area contributed by atoms with Gasteiger partial charge in [-0.15, -0.1) is 0 Å². The van der Waals surface area contributed by atoms with Crippen LogP contribution < -0.4 is 10.9 Å². The topological polar surface area (TPSA) is 77.1 Å². The van der Waals surface area contributed by atoms with Crippen molar-refractivity contribution in [3.05, 3.63) is 63.8 Å². The average molecular weight is 371 g/mol. The molecule has 6 rings (SSSR count). The Morgan fingerprint density at radius 2 is 1.96 bits per heavy atom. The molecule has 0 spiro atoms. The molecule has 1 aliphatic carbocycles. The Morgan fingerprint density at radius 1 is 1.14 bits per heavy atom. The molecule has 3 heterocycles. The van der Waals surface area contributed by atoms with Crippen LogP contribution in [0.15, 0.2) is 45.9 Å². The SMILES string of the molecule is Cc1c(-c2ccc3c(c2)CNC3=O)ccc2c3ocnc3c(=O)n(C3CC3)c12. The van der Waals surface area contributed by atoms with Gasteiger partial charge >= 0.3 is 0 Å². The van der Waals surface area contributed by atoms with E-state index in [0.717, 1.165) is 51.6 Å². The normalized spacial score (nSPS) is 16.0. The zero-order chi connectivity index (χ0) is 19.0. The molecule has 1 amide bonds. The fraction of sp³-hybridized carbons (Fsp3) is 0.227. The van der Waals surface area contributed by atoms with E-state index in [1.54, 1.807) is 0 Å². The highest BCUT2D eigenvalue weighted by Gasteiger charge is 2.30. The first-order valence-corrected chi connectivity index (χ1v) is 9.46. The second-order valence-corrected chi connectivity index (χ2v) is 7.63. The third-order valence-corrected chi connectivity index (χ3v) is 5.92. The first-order valence-electron chi connectivity index (χ1n) is 9.46. The summed E-state index contributed by atoms with van der Waals surface area (Å²) in [6.07, 6.45) is 3.36. The number of pyridine rings is 1. The van der Waals surface area contributed by atoms with Gasteiger partial charge < -0.3 is 14.3 Å². The van der Waals surface area contributed by atoms with Crippen LogP contribution in [0.1, 0.15) is 40.4 Å². The monoisotopic (exact) mass is 371 g/mol. The van der Waals surface area contributed by atoms with E-state index in [0.29, 0.717) is 17.6 Å². The number of rotatable bonds is 2. The minimum Gasteiger partial charge on any atom is -0.443 e. The van der Waals surface area contributed by atoms with Crippen LogP contribution in [0.3, 0.4) is 0 Å². The number of benzene rings is 2. The summed E-state index contributed by atoms with van der Waals surface area (Å²) in [6.45, 7) is 2.61. The lowest BCUT2D eigenvalue weighted by atomic mass is 9.95. The molecule has 0 saturated heterocycles. The van der Waals surface area contributed by atoms with Gasteiger partial charge in [0.15, 0.2) is 17.5 Å². The van der Waals surface area contributed by atoms with Crippen molar-refractivity contribution in [1.82, 2.24) is 14.9 Å². The van der Waals surface area contributed by atoms with Crippen LogP contribution in [0.2, 0.25) is 0 Å². The van der Waals surface area contributed by atoms with Gasteiger partial charge in [0.1, 0.15) is 0 Å². The van der Waals surface area contributed by atoms with Crippen LogP contribution in [0.4, 0.5) is 0 Å². The van der Waals surface area contributed by atoms with Crippen molar-refractivity contribution in [2.45, 2.75) is 32.4 Å². The summed E-state index contributed by atoms with van der Waals surface area (Å²) in [6, 6.07) is 10.2. The second-order valence-electron chi connectivity index (χ2n) is 7.63. The van der Waals surface area contributed by atoms with Crippen LogP contribution in [0.5, 0.6) is 0 Å². The van der Waals surface area contributed by atoms with Crippen molar-refractivity contribution in [3.63, 3.8) is 0 Å². The maximum atomic E-state index is 13.1. The van der Waals surface area contributed by atoms with Gasteiger partial charge in [-0.1, -0.05) is 12.1 Å². The quantitative estimate of drug-likeness (QED) is 0.583. The Balaban J connectivity index is 1.67. The Labute approximate surface area is 159 Å². The van der Waals surface area contributed by atoms with E-state index in [9.17, 15) is 9.59 Å². The minimum absolute atomic E-state index is 0.0212. The number of nitrogens with one attached hydrogen (secondary N) is 1. The van der Waals surface area contributed by atoms with Gasteiger partial charge in [0.05, 0.1) is 5.52 Å². The Bertz CT molecular complexity index is 1380. The summed E-state index contributed by atoms with van der Waals surface area (Å²) < 4.78 is 7.47. The molecule has 2 aromatic heterocycles. The molecule has 0 atom stereocenters. The average Bonchev–Trinajstić information content (AvgIpc) is 3.28. The highest BCUT2D eigenvalue weighted by atomic mass is 16.3. The number of carbonyl (C=O) groups excluding carboxylic acids is 1. The lowest BCUT2D eigenvalue weighted by molar-refractivity contribution is 0.0966. The number of aryl methyl sites for hydroxylation is 1. The van der Waals surface area contributed by atoms with Gasteiger partial charge in [0, 0.05) is 23.5 Å². The van der Waals surface area contributed by atoms with Crippen molar-refractivity contribution >= 4 is 27.9 Å². The standard InChI is InChI=1S/C22H17N3O3/c1-11-15(12-2-5-16-13(8-12)9-23-21(16)26)6-7-17-19(11)25(14-3-4-14)22(27)18-20(17)28-10-24-18/h2,5-8,10,14H,3-4,9H2,1H3,(H,23,26). The van der Waals surface area contributed by atoms with Gasteiger partial charge in [-0.2, -0.15) is 0 Å². The fourth-order valence-corrected chi connectivity index (χ4v) is 4.39. The Kier molecular flexibility index (Phi) is 2.97. The zero-order valence-electron chi connectivity index (χ0n) is 15.3. The van der Waals surface area contributed by atoms with E-state index in [1.165, 1.54) is 6.39 Å². The third-order valence-electron chi connectivity index (χ3n) is 5.92. The van der Waals surface area contributed by atoms with Gasteiger partial charge in [0.2, 0.25) is 0 Å². The van der Waals surface area contributed by atoms with Crippen LogP contribution in [0, 0.1) is 6.92 Å². The maximum absolute atomic E-state index is 13.1. The molecule has 0 radical (unpaired) electrons. The molecule has 0 bridgehead atoms. The highest BCUT2D eigenvalue weighted by Crippen LogP contribution is 2.40. The lowest BCUT2D eigenvalue weighted by Crippen LogP contribution is -2.20. The number of oxazole rings is 1. The fourth-order valence-electron chi connectivity index (χ4n) is 4.39. The van der Waals surface area contributed by atoms with Gasteiger partial charge in [-0.05, 0) is 60.2 Å². The molecule has 2 aliphatic rings. The largest absolute Gasteiger partial charge is 0.443 e. The molecule has 4 aromatic rings. The van der Waals surface area contributed by atoms with Crippen LogP contribution >= 0.6 is 0 Å². The maximum Gasteiger partial charge on any atom is 0.281 e. The molecule has 1 saturated carbocycles. The Morgan fingerprint density at radius 3 is 2.79 bits per heavy atom. The third kappa shape index (κ3) is 2.00. The first kappa shape index (κ1) is 15.6. The van der Waals surface area contributed by atoms with Crippen molar-refractivity contribution in [3.8, 4) is 11.1 Å². The molecule has 0 unspecified atom stereocenters. The van der Waals surface area contributed by atoms with E-state index in [2.05, 4.69) is 29.4 Å². The van der Waals surface area contributed by atoms with Crippen molar-refractivity contribution in [2.24, 2.45) is 0 Å². The number of fused-ring (bicyclic) bond motifs is 4. The highest BCUT2D eigenvalue weighted by molar-refractivity contribution is 6.04. The van der Waals surface area contributed by atoms with Gasteiger partial charge in [-0.3, -0.25) is 9.59 Å². The number of hydrogen-bond acceptors (Lipinski definition) is 4. The predicted molar refractivity (Wildman–Crippen MR) is 105 cm³/mol. The molecule has 138 valence electrons. The minimum atomic E-state index is -0.0808. The summed E-state index contributed by atoms with van der Waals surface area (Å²) >= 11 is 0. The van der Waals surface area contributed by atoms with Crippen LogP contribution in [0.25, 0.3) is 33.1 Å². The molecular weight excluding hydrogens is 354 g/mol. The first-order chi connectivity index (χ1) is 13.6. The predicted octanol–water partition coefficient (Wildman–Crippen LogP) is 3.70. The van der Waals surface area contributed by atoms with Gasteiger partial charge in [0.25, 0.3) is 11.5 Å². The molecule has 6 nitrogen and oxygen atoms in total. The van der Waals surface area contributed by atoms with Gasteiger partial charge in [-0.25, -0.2) is 4.98 Å². The number of carbonyl (C=O) groups is 1. The molecule has 6 heteroatoms. The number of aromatic nitrogens is 2. The van der Waals surface area contributed by atoms with E-state index in [-0.39, 0.29) is 17.5 Å². The number of amides is 1. The summed E-state index contributed by atoms with van der Waals surface area (Å²) in [5, 5.41) is 3.78. The van der Waals surface area contributed by atoms with Crippen molar-refractivity contribution in [1.29, 1.82) is 0 Å². The zero-order valence-corrected chi connectivity index (χ0v) is 15.3. The van der Waals surface area contributed by atoms with Crippen LogP contribution in [-0.4, -0.2) is 15.5 Å². The Hall–Kier alpha value is -3.41. The van der Waals surface area contributed by atoms with E-state index >= 15 is 0 Å². The van der Waals surface area contributed by atoms with E-state index in [1.807, 2.05) is 22.8 Å². The summed E-state index contributed by atoms with van der Waals surface area (Å²) in [5.41, 5.74) is 6.67. The molecule has 1 aliphatic heterocycles. The van der Waals surface area contributed by atoms with Crippen LogP contribution in [-0.2, 0) is 6.54 Å². The smallest absolute Gasteiger partial charge is 0.281 e. The second kappa shape index (κ2) is 5.32. The van der Waals surface area contributed by atoms with E-state index < -0.39 is 0 Å². The number of hydrogen-bond donors (Lipinski definition) is 1. The van der Waals surface area contributed by atoms with Crippen molar-refractivity contribution < 1.29 is 9.21 Å². The molecular formula is C22H17N3O3. The van der Waals surface area contributed by atoms with Crippen molar-refractivity contribution in [2.75, 3.05) is 0 Å². The summed E-state index contributed by atoms with van der Waals surface area (Å²) in [4.78, 5) is 29.1. The summed E-state index contributed by atoms with van der Waals surface area (Å²) in [5.74, 6) is -0.0212. The number of nitrogens with zero attached hydrogens (tertiary/aromatic N) is 2.